The predicted molar refractivity (Wildman–Crippen MR) is 100 cm³/mol. The van der Waals surface area contributed by atoms with E-state index in [0.29, 0.717) is 10.7 Å². The molecule has 0 saturated heterocycles. The molecule has 0 aliphatic heterocycles. The van der Waals surface area contributed by atoms with Crippen LogP contribution in [0.3, 0.4) is 0 Å². The van der Waals surface area contributed by atoms with Crippen molar-refractivity contribution in [1.29, 1.82) is 0 Å². The highest BCUT2D eigenvalue weighted by atomic mass is 35.6. The van der Waals surface area contributed by atoms with E-state index in [4.69, 9.17) is 81.8 Å². The molecule has 128 valence electrons. The third-order valence-corrected chi connectivity index (χ3v) is 3.98. The lowest BCUT2D eigenvalue weighted by Crippen LogP contribution is -2.56. The van der Waals surface area contributed by atoms with E-state index >= 15 is 0 Å². The zero-order chi connectivity index (χ0) is 17.8. The number of halogens is 6. The van der Waals surface area contributed by atoms with Crippen molar-refractivity contribution in [2.75, 3.05) is 12.4 Å². The maximum absolute atomic E-state index is 11.3. The molecule has 1 amide bonds. The van der Waals surface area contributed by atoms with Crippen molar-refractivity contribution >= 4 is 98.7 Å². The summed E-state index contributed by atoms with van der Waals surface area (Å²) < 4.78 is 2.53. The Bertz CT molecular complexity index is 587. The lowest BCUT2D eigenvalue weighted by atomic mass is 10.3. The van der Waals surface area contributed by atoms with Crippen molar-refractivity contribution in [3.05, 3.63) is 27.2 Å². The van der Waals surface area contributed by atoms with Gasteiger partial charge in [-0.05, 0) is 24.4 Å². The highest BCUT2D eigenvalue weighted by Crippen LogP contribution is 2.34. The molecule has 1 atom stereocenters. The van der Waals surface area contributed by atoms with E-state index in [0.717, 1.165) is 7.11 Å². The Hall–Kier alpha value is -0.0800. The smallest absolute Gasteiger partial charge is 0.408 e. The number of nitrogens with one attached hydrogen (secondary N) is 3. The number of rotatable bonds is 3. The van der Waals surface area contributed by atoms with Crippen molar-refractivity contribution in [2.24, 2.45) is 0 Å². The standard InChI is InChI=1S/C11H9Cl6N3O2S/c1-22-10(21)20-8(11(15,16)17)19-9(23)18-7-5(13)2-4(12)3-6(7)14/h2-3,8H,1H3,(H,20,21)(H2,18,19,23)/t8-/m1/s1. The maximum Gasteiger partial charge on any atom is 0.408 e. The molecule has 0 aliphatic carbocycles. The number of alkyl halides is 3. The number of alkyl carbamates (subject to hydrolysis) is 1. The third kappa shape index (κ3) is 6.74. The Morgan fingerprint density at radius 3 is 2.13 bits per heavy atom. The predicted octanol–water partition coefficient (Wildman–Crippen LogP) is 4.99. The van der Waals surface area contributed by atoms with E-state index in [2.05, 4.69) is 20.7 Å². The van der Waals surface area contributed by atoms with Crippen LogP contribution < -0.4 is 16.0 Å². The molecule has 1 rings (SSSR count). The van der Waals surface area contributed by atoms with E-state index in [1.165, 1.54) is 12.1 Å². The largest absolute Gasteiger partial charge is 0.453 e. The monoisotopic (exact) mass is 457 g/mol. The first kappa shape index (κ1) is 21.0. The number of carbonyl (C=O) groups excluding carboxylic acids is 1. The minimum atomic E-state index is -1.91. The lowest BCUT2D eigenvalue weighted by molar-refractivity contribution is 0.166. The Balaban J connectivity index is 2.86. The Morgan fingerprint density at radius 1 is 1.17 bits per heavy atom. The minimum absolute atomic E-state index is 0.0103. The zero-order valence-electron chi connectivity index (χ0n) is 11.2. The Kier molecular flexibility index (Phi) is 8.07. The highest BCUT2D eigenvalue weighted by molar-refractivity contribution is 7.80. The molecule has 5 nitrogen and oxygen atoms in total. The second-order valence-corrected chi connectivity index (χ2v) is 7.98. The summed E-state index contributed by atoms with van der Waals surface area (Å²) in [5, 5.41) is 8.43. The molecular weight excluding hydrogens is 451 g/mol. The molecule has 3 N–H and O–H groups in total. The zero-order valence-corrected chi connectivity index (χ0v) is 16.6. The number of hydrogen-bond acceptors (Lipinski definition) is 3. The van der Waals surface area contributed by atoms with Gasteiger partial charge in [0.25, 0.3) is 0 Å². The van der Waals surface area contributed by atoms with Gasteiger partial charge < -0.3 is 15.4 Å². The summed E-state index contributed by atoms with van der Waals surface area (Å²) in [7, 11) is 1.16. The fraction of sp³-hybridized carbons (Fsp3) is 0.273. The number of amides is 1. The molecular formula is C11H9Cl6N3O2S. The fourth-order valence-corrected chi connectivity index (χ4v) is 2.78. The van der Waals surface area contributed by atoms with Gasteiger partial charge in [0, 0.05) is 5.02 Å². The summed E-state index contributed by atoms with van der Waals surface area (Å²) in [6.45, 7) is 0. The number of hydrogen-bond donors (Lipinski definition) is 3. The van der Waals surface area contributed by atoms with Crippen LogP contribution in [-0.4, -0.2) is 28.3 Å². The molecule has 0 heterocycles. The van der Waals surface area contributed by atoms with Gasteiger partial charge in [-0.25, -0.2) is 4.79 Å². The first-order valence-corrected chi connectivity index (χ1v) is 8.35. The maximum atomic E-state index is 11.3. The van der Waals surface area contributed by atoms with Crippen LogP contribution in [0.1, 0.15) is 0 Å². The number of thiocarbonyl (C=S) groups is 1. The topological polar surface area (TPSA) is 62.4 Å². The Morgan fingerprint density at radius 2 is 1.70 bits per heavy atom. The van der Waals surface area contributed by atoms with Crippen LogP contribution in [0.4, 0.5) is 10.5 Å². The number of methoxy groups -OCH3 is 1. The van der Waals surface area contributed by atoms with E-state index in [1.54, 1.807) is 0 Å². The summed E-state index contributed by atoms with van der Waals surface area (Å²) in [5.41, 5.74) is 0.302. The fourth-order valence-electron chi connectivity index (χ4n) is 1.32. The van der Waals surface area contributed by atoms with Crippen LogP contribution in [0.5, 0.6) is 0 Å². The van der Waals surface area contributed by atoms with Gasteiger partial charge in [0.2, 0.25) is 3.79 Å². The van der Waals surface area contributed by atoms with Crippen molar-refractivity contribution in [3.63, 3.8) is 0 Å². The van der Waals surface area contributed by atoms with Gasteiger partial charge in [0.15, 0.2) is 11.3 Å². The molecule has 0 unspecified atom stereocenters. The van der Waals surface area contributed by atoms with Gasteiger partial charge in [-0.1, -0.05) is 69.6 Å². The number of benzene rings is 1. The second kappa shape index (κ2) is 8.85. The van der Waals surface area contributed by atoms with Crippen LogP contribution in [0.15, 0.2) is 12.1 Å². The van der Waals surface area contributed by atoms with Crippen LogP contribution in [-0.2, 0) is 4.74 Å². The van der Waals surface area contributed by atoms with Crippen molar-refractivity contribution in [1.82, 2.24) is 10.6 Å². The molecule has 0 bridgehead atoms. The lowest BCUT2D eigenvalue weighted by Gasteiger charge is -2.27. The van der Waals surface area contributed by atoms with Gasteiger partial charge >= 0.3 is 6.09 Å². The van der Waals surface area contributed by atoms with Crippen LogP contribution in [0.2, 0.25) is 15.1 Å². The average molecular weight is 460 g/mol. The number of ether oxygens (including phenoxy) is 1. The normalized spacial score (nSPS) is 12.3. The molecule has 1 aromatic carbocycles. The molecule has 12 heteroatoms. The number of carbonyl (C=O) groups is 1. The van der Waals surface area contributed by atoms with Gasteiger partial charge in [-0.2, -0.15) is 0 Å². The Labute approximate surface area is 167 Å². The van der Waals surface area contributed by atoms with E-state index in [-0.39, 0.29) is 15.2 Å². The van der Waals surface area contributed by atoms with E-state index < -0.39 is 16.1 Å². The summed E-state index contributed by atoms with van der Waals surface area (Å²) in [6.07, 6.45) is -2.00. The van der Waals surface area contributed by atoms with E-state index in [1.807, 2.05) is 0 Å². The molecule has 0 spiro atoms. The quantitative estimate of drug-likeness (QED) is 0.338. The second-order valence-electron chi connectivity index (χ2n) is 3.95. The van der Waals surface area contributed by atoms with Gasteiger partial charge in [-0.15, -0.1) is 0 Å². The molecule has 1 aromatic rings. The molecule has 0 radical (unpaired) electrons. The SMILES string of the molecule is COC(=O)N[C@@H](NC(=S)Nc1c(Cl)cc(Cl)cc1Cl)C(Cl)(Cl)Cl. The van der Waals surface area contributed by atoms with E-state index in [9.17, 15) is 4.79 Å². The summed E-state index contributed by atoms with van der Waals surface area (Å²) in [4.78, 5) is 11.3. The minimum Gasteiger partial charge on any atom is -0.453 e. The summed E-state index contributed by atoms with van der Waals surface area (Å²) in [6, 6.07) is 2.94. The molecule has 23 heavy (non-hydrogen) atoms. The van der Waals surface area contributed by atoms with Gasteiger partial charge in [0.1, 0.15) is 0 Å². The summed E-state index contributed by atoms with van der Waals surface area (Å²) >= 11 is 40.3. The molecule has 0 aromatic heterocycles. The third-order valence-electron chi connectivity index (χ3n) is 2.30. The summed E-state index contributed by atoms with van der Waals surface area (Å²) in [5.74, 6) is 0. The van der Waals surface area contributed by atoms with Crippen molar-refractivity contribution < 1.29 is 9.53 Å². The van der Waals surface area contributed by atoms with Crippen molar-refractivity contribution in [2.45, 2.75) is 9.96 Å². The highest BCUT2D eigenvalue weighted by Gasteiger charge is 2.35. The molecule has 0 saturated carbocycles. The van der Waals surface area contributed by atoms with Crippen molar-refractivity contribution in [3.8, 4) is 0 Å². The first-order chi connectivity index (χ1) is 10.5. The van der Waals surface area contributed by atoms with Gasteiger partial charge in [0.05, 0.1) is 22.8 Å². The average Bonchev–Trinajstić information content (AvgIpc) is 2.40. The van der Waals surface area contributed by atoms with Gasteiger partial charge in [-0.3, -0.25) is 5.32 Å². The molecule has 0 aliphatic rings. The van der Waals surface area contributed by atoms with Crippen LogP contribution in [0.25, 0.3) is 0 Å². The number of anilines is 1. The first-order valence-electron chi connectivity index (χ1n) is 5.68. The van der Waals surface area contributed by atoms with Crippen LogP contribution in [0, 0.1) is 0 Å². The molecule has 0 fully saturated rings. The van der Waals surface area contributed by atoms with Crippen LogP contribution >= 0.6 is 81.8 Å².